The second kappa shape index (κ2) is 9.10. The summed E-state index contributed by atoms with van der Waals surface area (Å²) in [4.78, 5) is 38.6. The Morgan fingerprint density at radius 3 is 2.49 bits per heavy atom. The Hall–Kier alpha value is -3.21. The summed E-state index contributed by atoms with van der Waals surface area (Å²) >= 11 is 0. The van der Waals surface area contributed by atoms with Gasteiger partial charge in [-0.05, 0) is 46.1 Å². The highest BCUT2D eigenvalue weighted by Crippen LogP contribution is 2.40. The molecule has 1 aliphatic heterocycles. The van der Waals surface area contributed by atoms with Crippen molar-refractivity contribution in [3.05, 3.63) is 39.7 Å². The average molecular weight is 494 g/mol. The minimum Gasteiger partial charge on any atom is -0.465 e. The number of carbonyl (C=O) groups is 2. The number of methoxy groups -OCH3 is 1. The Kier molecular flexibility index (Phi) is 6.48. The van der Waals surface area contributed by atoms with E-state index in [1.165, 1.54) is 15.7 Å². The van der Waals surface area contributed by atoms with Crippen LogP contribution in [-0.2, 0) is 9.47 Å². The van der Waals surface area contributed by atoms with Crippen LogP contribution in [-0.4, -0.2) is 59.7 Å². The molecule has 1 amide bonds. The molecule has 2 aromatic rings. The third kappa shape index (κ3) is 4.69. The quantitative estimate of drug-likeness (QED) is 0.617. The van der Waals surface area contributed by atoms with Gasteiger partial charge in [-0.1, -0.05) is 0 Å². The number of nitrogens with one attached hydrogen (secondary N) is 1. The number of hydrogen-bond acceptors (Lipinski definition) is 7. The Balaban J connectivity index is 1.77. The van der Waals surface area contributed by atoms with E-state index in [1.807, 2.05) is 0 Å². The largest absolute Gasteiger partial charge is 0.465 e. The first-order valence-electron chi connectivity index (χ1n) is 11.5. The van der Waals surface area contributed by atoms with Gasteiger partial charge in [0.1, 0.15) is 22.7 Å². The molecule has 9 nitrogen and oxygen atoms in total. The maximum atomic E-state index is 16.0. The van der Waals surface area contributed by atoms with Crippen molar-refractivity contribution < 1.29 is 33.0 Å². The predicted molar refractivity (Wildman–Crippen MR) is 124 cm³/mol. The predicted octanol–water partition coefficient (Wildman–Crippen LogP) is 2.87. The molecule has 2 heterocycles. The van der Waals surface area contributed by atoms with Crippen LogP contribution in [0.15, 0.2) is 17.1 Å². The van der Waals surface area contributed by atoms with Crippen molar-refractivity contribution in [2.24, 2.45) is 0 Å². The van der Waals surface area contributed by atoms with Gasteiger partial charge in [-0.25, -0.2) is 18.4 Å². The van der Waals surface area contributed by atoms with Crippen LogP contribution in [0.1, 0.15) is 56.4 Å². The van der Waals surface area contributed by atoms with Crippen LogP contribution >= 0.6 is 0 Å². The highest BCUT2D eigenvalue weighted by Gasteiger charge is 2.39. The van der Waals surface area contributed by atoms with Gasteiger partial charge < -0.3 is 29.4 Å². The molecular formula is C24H29F2N3O6. The summed E-state index contributed by atoms with van der Waals surface area (Å²) in [6.45, 7) is 4.80. The van der Waals surface area contributed by atoms with Crippen molar-refractivity contribution in [2.75, 3.05) is 25.2 Å². The monoisotopic (exact) mass is 493 g/mol. The first kappa shape index (κ1) is 24.9. The van der Waals surface area contributed by atoms with E-state index in [0.29, 0.717) is 6.42 Å². The summed E-state index contributed by atoms with van der Waals surface area (Å²) in [6.07, 6.45) is 2.32. The van der Waals surface area contributed by atoms with Gasteiger partial charge in [0.05, 0.1) is 36.7 Å². The van der Waals surface area contributed by atoms with Crippen LogP contribution in [0, 0.1) is 11.6 Å². The number of alkyl carbamates (subject to hydrolysis) is 1. The Labute approximate surface area is 200 Å². The Bertz CT molecular complexity index is 1230. The standard InChI is InChI=1S/C24H29F2N3O6/c1-24(2,3)35-23(33)27-16-7-8-28(17(16)11-30)20-15(25)9-13-19(18(20)26)29(12-5-6-12)10-14(21(13)31)22(32)34-4/h9-10,12,16-17,30H,5-8,11H2,1-4H3,(H,27,33)/t16?,17-/m1/s1. The molecule has 0 radical (unpaired) electrons. The number of ether oxygens (including phenoxy) is 2. The number of halogens is 2. The summed E-state index contributed by atoms with van der Waals surface area (Å²) in [5, 5.41) is 12.5. The number of hydrogen-bond donors (Lipinski definition) is 2. The number of benzene rings is 1. The van der Waals surface area contributed by atoms with Gasteiger partial charge >= 0.3 is 12.1 Å². The van der Waals surface area contributed by atoms with Crippen molar-refractivity contribution >= 4 is 28.7 Å². The second-order valence-electron chi connectivity index (χ2n) is 9.90. The molecule has 11 heteroatoms. The van der Waals surface area contributed by atoms with Crippen molar-refractivity contribution in [1.82, 2.24) is 9.88 Å². The van der Waals surface area contributed by atoms with Gasteiger partial charge in [0.15, 0.2) is 5.82 Å². The fraction of sp³-hybridized carbons (Fsp3) is 0.542. The van der Waals surface area contributed by atoms with Crippen LogP contribution in [0.3, 0.4) is 0 Å². The molecule has 35 heavy (non-hydrogen) atoms. The van der Waals surface area contributed by atoms with Gasteiger partial charge in [-0.2, -0.15) is 0 Å². The molecule has 1 aromatic carbocycles. The van der Waals surface area contributed by atoms with E-state index >= 15 is 8.78 Å². The molecule has 2 N–H and O–H groups in total. The molecule has 4 rings (SSSR count). The highest BCUT2D eigenvalue weighted by molar-refractivity contribution is 5.95. The summed E-state index contributed by atoms with van der Waals surface area (Å²) in [6, 6.07) is -0.649. The molecule has 1 saturated heterocycles. The van der Waals surface area contributed by atoms with E-state index in [0.717, 1.165) is 26.0 Å². The molecule has 1 aromatic heterocycles. The van der Waals surface area contributed by atoms with Gasteiger partial charge in [0.2, 0.25) is 5.43 Å². The molecule has 1 aliphatic carbocycles. The number of esters is 1. The molecule has 1 unspecified atom stereocenters. The molecule has 190 valence electrons. The lowest BCUT2D eigenvalue weighted by Gasteiger charge is -2.30. The Morgan fingerprint density at radius 1 is 1.23 bits per heavy atom. The third-order valence-corrected chi connectivity index (χ3v) is 6.25. The van der Waals surface area contributed by atoms with E-state index in [9.17, 15) is 19.5 Å². The normalized spacial score (nSPS) is 20.3. The van der Waals surface area contributed by atoms with Gasteiger partial charge in [-0.3, -0.25) is 4.79 Å². The van der Waals surface area contributed by atoms with E-state index in [-0.39, 0.29) is 29.1 Å². The van der Waals surface area contributed by atoms with Crippen molar-refractivity contribution in [3.63, 3.8) is 0 Å². The molecule has 2 fully saturated rings. The highest BCUT2D eigenvalue weighted by atomic mass is 19.1. The first-order chi connectivity index (χ1) is 16.5. The van der Waals surface area contributed by atoms with Gasteiger partial charge in [0, 0.05) is 18.8 Å². The number of nitrogens with zero attached hydrogens (tertiary/aromatic N) is 2. The zero-order valence-corrected chi connectivity index (χ0v) is 20.1. The SMILES string of the molecule is COC(=O)c1cn(C2CC2)c2c(F)c(N3CCC(NC(=O)OC(C)(C)C)[C@H]3CO)c(F)cc2c1=O. The van der Waals surface area contributed by atoms with E-state index in [2.05, 4.69) is 10.1 Å². The summed E-state index contributed by atoms with van der Waals surface area (Å²) < 4.78 is 42.8. The number of aliphatic hydroxyl groups is 1. The van der Waals surface area contributed by atoms with E-state index in [1.54, 1.807) is 20.8 Å². The fourth-order valence-electron chi connectivity index (χ4n) is 4.58. The number of rotatable bonds is 5. The molecule has 0 spiro atoms. The lowest BCUT2D eigenvalue weighted by molar-refractivity contribution is 0.0495. The van der Waals surface area contributed by atoms with Crippen LogP contribution in [0.5, 0.6) is 0 Å². The number of carbonyl (C=O) groups excluding carboxylic acids is 2. The van der Waals surface area contributed by atoms with E-state index in [4.69, 9.17) is 4.74 Å². The molecular weight excluding hydrogens is 464 g/mol. The van der Waals surface area contributed by atoms with Crippen LogP contribution in [0.2, 0.25) is 0 Å². The zero-order valence-electron chi connectivity index (χ0n) is 20.1. The lowest BCUT2D eigenvalue weighted by Crippen LogP contribution is -2.48. The fourth-order valence-corrected chi connectivity index (χ4v) is 4.58. The number of anilines is 1. The van der Waals surface area contributed by atoms with Gasteiger partial charge in [0.25, 0.3) is 0 Å². The van der Waals surface area contributed by atoms with Crippen molar-refractivity contribution in [2.45, 2.75) is 63.8 Å². The summed E-state index contributed by atoms with van der Waals surface area (Å²) in [5.74, 6) is -2.85. The zero-order chi connectivity index (χ0) is 25.7. The van der Waals surface area contributed by atoms with E-state index < -0.39 is 59.1 Å². The van der Waals surface area contributed by atoms with Crippen LogP contribution in [0.4, 0.5) is 19.3 Å². The van der Waals surface area contributed by atoms with Crippen LogP contribution in [0.25, 0.3) is 10.9 Å². The van der Waals surface area contributed by atoms with Crippen LogP contribution < -0.4 is 15.6 Å². The van der Waals surface area contributed by atoms with Crippen molar-refractivity contribution in [3.8, 4) is 0 Å². The number of fused-ring (bicyclic) bond motifs is 1. The first-order valence-corrected chi connectivity index (χ1v) is 11.5. The minimum atomic E-state index is -1.01. The third-order valence-electron chi connectivity index (χ3n) is 6.25. The summed E-state index contributed by atoms with van der Waals surface area (Å²) in [7, 11) is 1.13. The summed E-state index contributed by atoms with van der Waals surface area (Å²) in [5.41, 5.74) is -2.36. The topological polar surface area (TPSA) is 110 Å². The molecule has 1 saturated carbocycles. The smallest absolute Gasteiger partial charge is 0.407 e. The molecule has 2 aliphatic rings. The molecule has 2 atom stereocenters. The number of amides is 1. The average Bonchev–Trinajstić information content (AvgIpc) is 3.54. The minimum absolute atomic E-state index is 0.109. The lowest BCUT2D eigenvalue weighted by atomic mass is 10.1. The molecule has 0 bridgehead atoms. The number of pyridine rings is 1. The van der Waals surface area contributed by atoms with Crippen molar-refractivity contribution in [1.29, 1.82) is 0 Å². The number of aromatic nitrogens is 1. The maximum Gasteiger partial charge on any atom is 0.407 e. The van der Waals surface area contributed by atoms with Gasteiger partial charge in [-0.15, -0.1) is 0 Å². The number of aliphatic hydroxyl groups excluding tert-OH is 1. The Morgan fingerprint density at radius 2 is 1.91 bits per heavy atom. The maximum absolute atomic E-state index is 16.0. The second-order valence-corrected chi connectivity index (χ2v) is 9.90.